The van der Waals surface area contributed by atoms with E-state index in [1.807, 2.05) is 29.9 Å². The minimum Gasteiger partial charge on any atom is -0.384 e. The molecule has 1 amide bonds. The van der Waals surface area contributed by atoms with Crippen LogP contribution in [-0.2, 0) is 6.54 Å². The van der Waals surface area contributed by atoms with Gasteiger partial charge in [-0.25, -0.2) is 0 Å². The van der Waals surface area contributed by atoms with E-state index in [9.17, 15) is 4.79 Å². The van der Waals surface area contributed by atoms with E-state index in [1.165, 1.54) is 11.3 Å². The molecule has 0 aliphatic rings. The molecule has 5 nitrogen and oxygen atoms in total. The van der Waals surface area contributed by atoms with Crippen molar-refractivity contribution in [1.29, 1.82) is 0 Å². The van der Waals surface area contributed by atoms with Crippen LogP contribution in [0.2, 0.25) is 0 Å². The lowest BCUT2D eigenvalue weighted by atomic mass is 10.2. The van der Waals surface area contributed by atoms with Gasteiger partial charge in [-0.05, 0) is 31.0 Å². The molecule has 0 spiro atoms. The third-order valence-corrected chi connectivity index (χ3v) is 3.98. The highest BCUT2D eigenvalue weighted by Gasteiger charge is 2.10. The van der Waals surface area contributed by atoms with Crippen LogP contribution in [0.3, 0.4) is 0 Å². The van der Waals surface area contributed by atoms with E-state index in [0.29, 0.717) is 11.4 Å². The number of amides is 1. The molecule has 2 rings (SSSR count). The van der Waals surface area contributed by atoms with Crippen molar-refractivity contribution in [2.75, 3.05) is 13.2 Å². The highest BCUT2D eigenvalue weighted by Crippen LogP contribution is 2.20. The van der Waals surface area contributed by atoms with Gasteiger partial charge in [0, 0.05) is 25.5 Å². The maximum Gasteiger partial charge on any atom is 0.261 e. The van der Waals surface area contributed by atoms with Crippen molar-refractivity contribution in [2.24, 2.45) is 0 Å². The van der Waals surface area contributed by atoms with Gasteiger partial charge < -0.3 is 10.4 Å². The number of nitrogens with zero attached hydrogens (tertiary/aromatic N) is 2. The Kier molecular flexibility index (Phi) is 5.55. The van der Waals surface area contributed by atoms with Gasteiger partial charge in [-0.3, -0.25) is 9.48 Å². The summed E-state index contributed by atoms with van der Waals surface area (Å²) in [7, 11) is 0. The topological polar surface area (TPSA) is 67.2 Å². The van der Waals surface area contributed by atoms with E-state index in [-0.39, 0.29) is 12.5 Å². The van der Waals surface area contributed by atoms with Gasteiger partial charge in [0.05, 0.1) is 9.75 Å². The molecule has 110 valence electrons. The average molecular weight is 303 g/mol. The molecule has 0 radical (unpaired) electrons. The van der Waals surface area contributed by atoms with Crippen molar-refractivity contribution in [3.8, 4) is 11.8 Å². The van der Waals surface area contributed by atoms with E-state index in [1.54, 1.807) is 6.20 Å². The molecule has 2 N–H and O–H groups in total. The summed E-state index contributed by atoms with van der Waals surface area (Å²) in [4.78, 5) is 13.5. The molecule has 6 heteroatoms. The molecular weight excluding hydrogens is 286 g/mol. The van der Waals surface area contributed by atoms with E-state index < -0.39 is 0 Å². The first-order valence-electron chi connectivity index (χ1n) is 6.66. The van der Waals surface area contributed by atoms with Gasteiger partial charge in [0.1, 0.15) is 6.61 Å². The summed E-state index contributed by atoms with van der Waals surface area (Å²) >= 11 is 1.35. The van der Waals surface area contributed by atoms with E-state index in [4.69, 9.17) is 5.11 Å². The molecule has 0 fully saturated rings. The first kappa shape index (κ1) is 15.3. The Labute approximate surface area is 127 Å². The van der Waals surface area contributed by atoms with Crippen LogP contribution in [0, 0.1) is 18.8 Å². The van der Waals surface area contributed by atoms with Crippen LogP contribution in [-0.4, -0.2) is 33.9 Å². The quantitative estimate of drug-likeness (QED) is 0.648. The minimum atomic E-state index is -0.174. The molecule has 0 unspecified atom stereocenters. The summed E-state index contributed by atoms with van der Waals surface area (Å²) in [5, 5.41) is 15.7. The fourth-order valence-corrected chi connectivity index (χ4v) is 2.76. The maximum absolute atomic E-state index is 12.0. The van der Waals surface area contributed by atoms with E-state index in [0.717, 1.165) is 23.4 Å². The minimum absolute atomic E-state index is 0.0828. The highest BCUT2D eigenvalue weighted by atomic mass is 32.1. The molecule has 2 heterocycles. The Bertz CT molecular complexity index is 650. The van der Waals surface area contributed by atoms with Crippen molar-refractivity contribution in [3.05, 3.63) is 39.8 Å². The maximum atomic E-state index is 12.0. The Morgan fingerprint density at radius 1 is 1.57 bits per heavy atom. The zero-order chi connectivity index (χ0) is 15.1. The number of carbonyl (C=O) groups excluding carboxylic acids is 1. The molecule has 0 aromatic carbocycles. The van der Waals surface area contributed by atoms with Crippen LogP contribution < -0.4 is 5.32 Å². The second kappa shape index (κ2) is 7.62. The van der Waals surface area contributed by atoms with Gasteiger partial charge >= 0.3 is 0 Å². The summed E-state index contributed by atoms with van der Waals surface area (Å²) in [6, 6.07) is 3.71. The molecule has 2 aromatic rings. The largest absolute Gasteiger partial charge is 0.384 e. The lowest BCUT2D eigenvalue weighted by molar-refractivity contribution is 0.0956. The third-order valence-electron chi connectivity index (χ3n) is 2.83. The summed E-state index contributed by atoms with van der Waals surface area (Å²) in [6.07, 6.45) is 4.47. The number of aromatic nitrogens is 2. The molecule has 0 saturated carbocycles. The number of aliphatic hydroxyl groups is 1. The summed E-state index contributed by atoms with van der Waals surface area (Å²) in [6.45, 7) is 3.12. The Hall–Kier alpha value is -2.10. The van der Waals surface area contributed by atoms with Crippen LogP contribution in [0.15, 0.2) is 24.5 Å². The number of aliphatic hydroxyl groups excluding tert-OH is 1. The molecule has 0 aliphatic heterocycles. The highest BCUT2D eigenvalue weighted by molar-refractivity contribution is 7.14. The number of nitrogens with one attached hydrogen (secondary N) is 1. The fraction of sp³-hybridized carbons (Fsp3) is 0.333. The molecule has 0 aliphatic carbocycles. The third kappa shape index (κ3) is 4.45. The molecule has 0 atom stereocenters. The predicted molar refractivity (Wildman–Crippen MR) is 82.2 cm³/mol. The Morgan fingerprint density at radius 2 is 2.43 bits per heavy atom. The molecule has 2 aromatic heterocycles. The number of hydrogen-bond acceptors (Lipinski definition) is 4. The smallest absolute Gasteiger partial charge is 0.261 e. The van der Waals surface area contributed by atoms with Crippen molar-refractivity contribution < 1.29 is 9.90 Å². The zero-order valence-electron chi connectivity index (χ0n) is 11.8. The standard InChI is InChI=1S/C15H17N3O2S/c1-12-11-14(21-13(12)5-2-10-19)15(20)16-6-3-8-18-9-4-7-17-18/h4,7,9,11,19H,3,6,8,10H2,1H3,(H,16,20). The van der Waals surface area contributed by atoms with Gasteiger partial charge in [0.2, 0.25) is 0 Å². The molecular formula is C15H17N3O2S. The van der Waals surface area contributed by atoms with Crippen LogP contribution >= 0.6 is 11.3 Å². The zero-order valence-corrected chi connectivity index (χ0v) is 12.6. The summed E-state index contributed by atoms with van der Waals surface area (Å²) in [5.74, 6) is 5.37. The van der Waals surface area contributed by atoms with Crippen LogP contribution in [0.25, 0.3) is 0 Å². The summed E-state index contributed by atoms with van der Waals surface area (Å²) < 4.78 is 1.84. The van der Waals surface area contributed by atoms with Crippen LogP contribution in [0.5, 0.6) is 0 Å². The van der Waals surface area contributed by atoms with Crippen LogP contribution in [0.1, 0.15) is 26.5 Å². The number of carbonyl (C=O) groups is 1. The second-order valence-electron chi connectivity index (χ2n) is 4.46. The van der Waals surface area contributed by atoms with Gasteiger partial charge in [-0.15, -0.1) is 11.3 Å². The Balaban J connectivity index is 1.83. The Morgan fingerprint density at radius 3 is 3.14 bits per heavy atom. The van der Waals surface area contributed by atoms with Crippen molar-refractivity contribution in [3.63, 3.8) is 0 Å². The number of thiophene rings is 1. The van der Waals surface area contributed by atoms with Crippen molar-refractivity contribution >= 4 is 17.2 Å². The number of aryl methyl sites for hydroxylation is 2. The molecule has 0 bridgehead atoms. The second-order valence-corrected chi connectivity index (χ2v) is 5.51. The van der Waals surface area contributed by atoms with Gasteiger partial charge in [-0.2, -0.15) is 5.10 Å². The number of rotatable bonds is 5. The molecule has 0 saturated heterocycles. The lowest BCUT2D eigenvalue weighted by Crippen LogP contribution is -2.24. The first-order valence-corrected chi connectivity index (χ1v) is 7.48. The lowest BCUT2D eigenvalue weighted by Gasteiger charge is -2.03. The SMILES string of the molecule is Cc1cc(C(=O)NCCCn2cccn2)sc1C#CCO. The van der Waals surface area contributed by atoms with Crippen molar-refractivity contribution in [1.82, 2.24) is 15.1 Å². The fourth-order valence-electron chi connectivity index (χ4n) is 1.80. The molecule has 21 heavy (non-hydrogen) atoms. The predicted octanol–water partition coefficient (Wildman–Crippen LogP) is 1.42. The average Bonchev–Trinajstić information content (AvgIpc) is 3.11. The van der Waals surface area contributed by atoms with Gasteiger partial charge in [-0.1, -0.05) is 11.8 Å². The first-order chi connectivity index (χ1) is 10.2. The van der Waals surface area contributed by atoms with Crippen molar-refractivity contribution in [2.45, 2.75) is 19.9 Å². The monoisotopic (exact) mass is 303 g/mol. The number of hydrogen-bond donors (Lipinski definition) is 2. The van der Waals surface area contributed by atoms with Gasteiger partial charge in [0.25, 0.3) is 5.91 Å². The van der Waals surface area contributed by atoms with Crippen LogP contribution in [0.4, 0.5) is 0 Å². The van der Waals surface area contributed by atoms with Gasteiger partial charge in [0.15, 0.2) is 0 Å². The van der Waals surface area contributed by atoms with E-state index >= 15 is 0 Å². The summed E-state index contributed by atoms with van der Waals surface area (Å²) in [5.41, 5.74) is 0.961. The normalized spacial score (nSPS) is 10.0. The van der Waals surface area contributed by atoms with E-state index in [2.05, 4.69) is 22.3 Å².